The topological polar surface area (TPSA) is 28.2 Å². The van der Waals surface area contributed by atoms with Crippen molar-refractivity contribution in [3.8, 4) is 0 Å². The first-order valence-electron chi connectivity index (χ1n) is 7.02. The van der Waals surface area contributed by atoms with Gasteiger partial charge < -0.3 is 5.32 Å². The molecule has 0 radical (unpaired) electrons. The van der Waals surface area contributed by atoms with Crippen LogP contribution in [0.4, 0.5) is 0 Å². The minimum atomic E-state index is 0. The summed E-state index contributed by atoms with van der Waals surface area (Å²) in [5, 5.41) is 4.67. The van der Waals surface area contributed by atoms with Crippen molar-refractivity contribution in [1.82, 2.24) is 15.2 Å². The Morgan fingerprint density at radius 1 is 1.23 bits per heavy atom. The van der Waals surface area contributed by atoms with E-state index in [0.29, 0.717) is 16.1 Å². The number of rotatable bonds is 3. The van der Waals surface area contributed by atoms with E-state index in [1.807, 2.05) is 36.7 Å². The number of piperazine rings is 1. The summed E-state index contributed by atoms with van der Waals surface area (Å²) in [6.45, 7) is 3.79. The maximum Gasteiger partial charge on any atom is 0.0595 e. The highest BCUT2D eigenvalue weighted by atomic mass is 35.5. The first-order valence-corrected chi connectivity index (χ1v) is 7.78. The maximum absolute atomic E-state index is 6.11. The predicted octanol–water partition coefficient (Wildman–Crippen LogP) is 3.96. The number of halogens is 3. The minimum Gasteiger partial charge on any atom is -0.314 e. The lowest BCUT2D eigenvalue weighted by atomic mass is 10.0. The van der Waals surface area contributed by atoms with Crippen molar-refractivity contribution in [2.24, 2.45) is 0 Å². The van der Waals surface area contributed by atoms with Gasteiger partial charge in [0, 0.05) is 44.6 Å². The van der Waals surface area contributed by atoms with Crippen molar-refractivity contribution in [2.75, 3.05) is 19.6 Å². The largest absolute Gasteiger partial charge is 0.314 e. The molecule has 2 heterocycles. The molecule has 0 amide bonds. The molecule has 22 heavy (non-hydrogen) atoms. The van der Waals surface area contributed by atoms with E-state index in [0.717, 1.165) is 26.2 Å². The molecule has 118 valence electrons. The Bertz CT molecular complexity index is 607. The quantitative estimate of drug-likeness (QED) is 0.900. The molecule has 0 aliphatic carbocycles. The zero-order chi connectivity index (χ0) is 14.7. The molecule has 0 bridgehead atoms. The molecule has 1 aliphatic heterocycles. The standard InChI is InChI=1S/C16H17Cl2N3.ClH/c17-14-4-3-12(8-15(14)18)11-21-7-6-20-10-16(21)13-2-1-5-19-9-13;/h1-5,8-9,16,20H,6-7,10-11H2;1H. The molecule has 1 N–H and O–H groups in total. The summed E-state index contributed by atoms with van der Waals surface area (Å²) >= 11 is 12.1. The van der Waals surface area contributed by atoms with Gasteiger partial charge in [-0.3, -0.25) is 9.88 Å². The average Bonchev–Trinajstić information content (AvgIpc) is 2.52. The second-order valence-corrected chi connectivity index (χ2v) is 6.04. The van der Waals surface area contributed by atoms with Crippen molar-refractivity contribution in [3.05, 3.63) is 63.9 Å². The van der Waals surface area contributed by atoms with Gasteiger partial charge in [0.15, 0.2) is 0 Å². The molecule has 1 unspecified atom stereocenters. The van der Waals surface area contributed by atoms with Crippen molar-refractivity contribution >= 4 is 35.6 Å². The van der Waals surface area contributed by atoms with Crippen LogP contribution in [0.2, 0.25) is 10.0 Å². The van der Waals surface area contributed by atoms with Gasteiger partial charge in [-0.2, -0.15) is 0 Å². The minimum absolute atomic E-state index is 0. The molecule has 0 spiro atoms. The first kappa shape index (κ1) is 17.5. The summed E-state index contributed by atoms with van der Waals surface area (Å²) in [5.74, 6) is 0. The Kier molecular flexibility index (Phi) is 6.48. The van der Waals surface area contributed by atoms with Crippen molar-refractivity contribution < 1.29 is 0 Å². The molecule has 6 heteroatoms. The van der Waals surface area contributed by atoms with E-state index in [4.69, 9.17) is 23.2 Å². The highest BCUT2D eigenvalue weighted by molar-refractivity contribution is 6.42. The Hall–Kier alpha value is -0.840. The number of hydrogen-bond donors (Lipinski definition) is 1. The molecular formula is C16H18Cl3N3. The van der Waals surface area contributed by atoms with Crippen molar-refractivity contribution in [2.45, 2.75) is 12.6 Å². The normalized spacial score (nSPS) is 18.7. The van der Waals surface area contributed by atoms with Crippen LogP contribution in [0.3, 0.4) is 0 Å². The van der Waals surface area contributed by atoms with Gasteiger partial charge in [-0.1, -0.05) is 35.3 Å². The number of benzene rings is 1. The Labute approximate surface area is 147 Å². The van der Waals surface area contributed by atoms with E-state index in [9.17, 15) is 0 Å². The van der Waals surface area contributed by atoms with E-state index in [2.05, 4.69) is 21.3 Å². The van der Waals surface area contributed by atoms with Gasteiger partial charge in [-0.15, -0.1) is 12.4 Å². The van der Waals surface area contributed by atoms with Crippen molar-refractivity contribution in [3.63, 3.8) is 0 Å². The lowest BCUT2D eigenvalue weighted by Gasteiger charge is -2.36. The van der Waals surface area contributed by atoms with Gasteiger partial charge in [-0.25, -0.2) is 0 Å². The van der Waals surface area contributed by atoms with Gasteiger partial charge in [0.05, 0.1) is 10.0 Å². The Morgan fingerprint density at radius 2 is 2.09 bits per heavy atom. The first-order chi connectivity index (χ1) is 10.2. The van der Waals surface area contributed by atoms with Crippen LogP contribution in [0.25, 0.3) is 0 Å². The van der Waals surface area contributed by atoms with E-state index < -0.39 is 0 Å². The lowest BCUT2D eigenvalue weighted by Crippen LogP contribution is -2.45. The maximum atomic E-state index is 6.11. The zero-order valence-electron chi connectivity index (χ0n) is 12.0. The van der Waals surface area contributed by atoms with Crippen LogP contribution in [0.5, 0.6) is 0 Å². The molecule has 1 atom stereocenters. The molecule has 1 saturated heterocycles. The van der Waals surface area contributed by atoms with Crippen LogP contribution < -0.4 is 5.32 Å². The summed E-state index contributed by atoms with van der Waals surface area (Å²) in [6, 6.07) is 10.3. The highest BCUT2D eigenvalue weighted by Crippen LogP contribution is 2.27. The van der Waals surface area contributed by atoms with E-state index >= 15 is 0 Å². The molecule has 1 aromatic carbocycles. The van der Waals surface area contributed by atoms with Gasteiger partial charge in [0.1, 0.15) is 0 Å². The average molecular weight is 359 g/mol. The smallest absolute Gasteiger partial charge is 0.0595 e. The summed E-state index contributed by atoms with van der Waals surface area (Å²) < 4.78 is 0. The zero-order valence-corrected chi connectivity index (χ0v) is 14.3. The van der Waals surface area contributed by atoms with Gasteiger partial charge in [0.25, 0.3) is 0 Å². The predicted molar refractivity (Wildman–Crippen MR) is 94.0 cm³/mol. The molecule has 1 aromatic heterocycles. The third kappa shape index (κ3) is 4.12. The fourth-order valence-corrected chi connectivity index (χ4v) is 3.03. The van der Waals surface area contributed by atoms with E-state index in [1.54, 1.807) is 0 Å². The number of nitrogens with zero attached hydrogens (tertiary/aromatic N) is 2. The lowest BCUT2D eigenvalue weighted by molar-refractivity contribution is 0.153. The fraction of sp³-hybridized carbons (Fsp3) is 0.312. The van der Waals surface area contributed by atoms with Crippen LogP contribution >= 0.6 is 35.6 Å². The Balaban J connectivity index is 0.00000176. The SMILES string of the molecule is Cl.Clc1ccc(CN2CCNCC2c2cccnc2)cc1Cl. The molecule has 2 aromatic rings. The molecule has 3 nitrogen and oxygen atoms in total. The second-order valence-electron chi connectivity index (χ2n) is 5.23. The highest BCUT2D eigenvalue weighted by Gasteiger charge is 2.23. The number of nitrogens with one attached hydrogen (secondary N) is 1. The van der Waals surface area contributed by atoms with Crippen LogP contribution in [0.15, 0.2) is 42.7 Å². The molecule has 0 saturated carbocycles. The Morgan fingerprint density at radius 3 is 2.82 bits per heavy atom. The summed E-state index contributed by atoms with van der Waals surface area (Å²) in [7, 11) is 0. The summed E-state index contributed by atoms with van der Waals surface area (Å²) in [6.07, 6.45) is 3.75. The second kappa shape index (κ2) is 8.14. The van der Waals surface area contributed by atoms with Crippen molar-refractivity contribution in [1.29, 1.82) is 0 Å². The molecular weight excluding hydrogens is 341 g/mol. The number of hydrogen-bond acceptors (Lipinski definition) is 3. The van der Waals surface area contributed by atoms with E-state index in [1.165, 1.54) is 11.1 Å². The van der Waals surface area contributed by atoms with Crippen LogP contribution in [0, 0.1) is 0 Å². The van der Waals surface area contributed by atoms with Gasteiger partial charge in [0.2, 0.25) is 0 Å². The third-order valence-electron chi connectivity index (χ3n) is 3.79. The van der Waals surface area contributed by atoms with Crippen LogP contribution in [-0.2, 0) is 6.54 Å². The fourth-order valence-electron chi connectivity index (χ4n) is 2.71. The third-order valence-corrected chi connectivity index (χ3v) is 4.53. The molecule has 3 rings (SSSR count). The van der Waals surface area contributed by atoms with Gasteiger partial charge in [-0.05, 0) is 29.3 Å². The van der Waals surface area contributed by atoms with Gasteiger partial charge >= 0.3 is 0 Å². The van der Waals surface area contributed by atoms with Crippen LogP contribution in [0.1, 0.15) is 17.2 Å². The van der Waals surface area contributed by atoms with E-state index in [-0.39, 0.29) is 12.4 Å². The molecule has 1 aliphatic rings. The summed E-state index contributed by atoms with van der Waals surface area (Å²) in [5.41, 5.74) is 2.42. The molecule has 1 fully saturated rings. The van der Waals surface area contributed by atoms with Crippen LogP contribution in [-0.4, -0.2) is 29.5 Å². The summed E-state index contributed by atoms with van der Waals surface area (Å²) in [4.78, 5) is 6.69. The number of aromatic nitrogens is 1. The number of pyridine rings is 1. The monoisotopic (exact) mass is 357 g/mol.